The molecular weight excluding hydrogens is 288 g/mol. The number of amides is 1. The summed E-state index contributed by atoms with van der Waals surface area (Å²) in [6.45, 7) is 7.05. The van der Waals surface area contributed by atoms with Gasteiger partial charge in [0, 0.05) is 12.2 Å². The van der Waals surface area contributed by atoms with Crippen molar-refractivity contribution in [1.82, 2.24) is 9.97 Å². The topological polar surface area (TPSA) is 66.9 Å². The van der Waals surface area contributed by atoms with Crippen LogP contribution >= 0.6 is 0 Å². The Labute approximate surface area is 137 Å². The quantitative estimate of drug-likeness (QED) is 0.763. The lowest BCUT2D eigenvalue weighted by atomic mass is 10.1. The van der Waals surface area contributed by atoms with Crippen LogP contribution in [0, 0.1) is 6.92 Å². The molecule has 1 aromatic carbocycles. The summed E-state index contributed by atoms with van der Waals surface area (Å²) in [5.41, 5.74) is 3.34. The molecule has 2 rings (SSSR count). The van der Waals surface area contributed by atoms with E-state index in [1.54, 1.807) is 6.20 Å². The molecule has 5 heteroatoms. The highest BCUT2D eigenvalue weighted by Gasteiger charge is 2.12. The molecule has 1 aromatic heterocycles. The molecule has 0 fully saturated rings. The zero-order chi connectivity index (χ0) is 16.7. The van der Waals surface area contributed by atoms with E-state index in [0.29, 0.717) is 11.5 Å². The molecule has 0 saturated heterocycles. The highest BCUT2D eigenvalue weighted by atomic mass is 16.1. The van der Waals surface area contributed by atoms with Gasteiger partial charge < -0.3 is 10.6 Å². The van der Waals surface area contributed by atoms with Crippen molar-refractivity contribution >= 4 is 17.4 Å². The van der Waals surface area contributed by atoms with Gasteiger partial charge in [0.2, 0.25) is 0 Å². The SMILES string of the molecule is CCCCNc1cnc(C(=O)Nc2c(C)cccc2CC)cn1. The Morgan fingerprint density at radius 2 is 2.00 bits per heavy atom. The van der Waals surface area contributed by atoms with E-state index >= 15 is 0 Å². The van der Waals surface area contributed by atoms with Crippen LogP contribution < -0.4 is 10.6 Å². The maximum absolute atomic E-state index is 12.4. The lowest BCUT2D eigenvalue weighted by molar-refractivity contribution is 0.102. The minimum absolute atomic E-state index is 0.235. The Hall–Kier alpha value is -2.43. The molecule has 0 saturated carbocycles. The molecule has 5 nitrogen and oxygen atoms in total. The molecule has 0 spiro atoms. The van der Waals surface area contributed by atoms with Gasteiger partial charge in [-0.1, -0.05) is 38.5 Å². The van der Waals surface area contributed by atoms with Crippen molar-refractivity contribution in [3.05, 3.63) is 47.4 Å². The number of hydrogen-bond acceptors (Lipinski definition) is 4. The summed E-state index contributed by atoms with van der Waals surface area (Å²) in [4.78, 5) is 20.8. The molecule has 0 radical (unpaired) electrons. The number of carbonyl (C=O) groups excluding carboxylic acids is 1. The number of unbranched alkanes of at least 4 members (excludes halogenated alkanes) is 1. The van der Waals surface area contributed by atoms with Crippen molar-refractivity contribution in [3.8, 4) is 0 Å². The highest BCUT2D eigenvalue weighted by Crippen LogP contribution is 2.21. The maximum Gasteiger partial charge on any atom is 0.275 e. The third kappa shape index (κ3) is 4.52. The number of rotatable bonds is 7. The summed E-state index contributed by atoms with van der Waals surface area (Å²) in [6, 6.07) is 6.01. The lowest BCUT2D eigenvalue weighted by Gasteiger charge is -2.12. The Morgan fingerprint density at radius 1 is 1.17 bits per heavy atom. The fourth-order valence-corrected chi connectivity index (χ4v) is 2.31. The van der Waals surface area contributed by atoms with Crippen LogP contribution in [0.3, 0.4) is 0 Å². The summed E-state index contributed by atoms with van der Waals surface area (Å²) in [5, 5.41) is 6.14. The molecule has 0 aliphatic heterocycles. The Balaban J connectivity index is 2.06. The summed E-state index contributed by atoms with van der Waals surface area (Å²) < 4.78 is 0. The number of aryl methyl sites for hydroxylation is 2. The van der Waals surface area contributed by atoms with Gasteiger partial charge in [-0.05, 0) is 30.9 Å². The number of anilines is 2. The summed E-state index contributed by atoms with van der Waals surface area (Å²) >= 11 is 0. The molecule has 0 aliphatic carbocycles. The standard InChI is InChI=1S/C18H24N4O/c1-4-6-10-19-16-12-20-15(11-21-16)18(23)22-17-13(3)8-7-9-14(17)5-2/h7-9,11-12H,4-6,10H2,1-3H3,(H,19,21)(H,22,23). The number of para-hydroxylation sites is 1. The van der Waals surface area contributed by atoms with E-state index in [0.717, 1.165) is 42.6 Å². The zero-order valence-electron chi connectivity index (χ0n) is 14.0. The smallest absolute Gasteiger partial charge is 0.275 e. The minimum atomic E-state index is -0.235. The van der Waals surface area contributed by atoms with Gasteiger partial charge in [0.15, 0.2) is 0 Å². The van der Waals surface area contributed by atoms with Crippen LogP contribution in [0.25, 0.3) is 0 Å². The largest absolute Gasteiger partial charge is 0.369 e. The van der Waals surface area contributed by atoms with E-state index in [1.165, 1.54) is 6.20 Å². The number of benzene rings is 1. The molecule has 0 bridgehead atoms. The number of nitrogens with one attached hydrogen (secondary N) is 2. The average Bonchev–Trinajstić information content (AvgIpc) is 2.57. The minimum Gasteiger partial charge on any atom is -0.369 e. The van der Waals surface area contributed by atoms with Crippen molar-refractivity contribution < 1.29 is 4.79 Å². The van der Waals surface area contributed by atoms with E-state index in [9.17, 15) is 4.79 Å². The second-order valence-corrected chi connectivity index (χ2v) is 5.48. The number of hydrogen-bond donors (Lipinski definition) is 2. The zero-order valence-corrected chi connectivity index (χ0v) is 14.0. The van der Waals surface area contributed by atoms with Crippen molar-refractivity contribution in [3.63, 3.8) is 0 Å². The molecule has 0 aliphatic rings. The lowest BCUT2D eigenvalue weighted by Crippen LogP contribution is -2.16. The Bertz CT molecular complexity index is 653. The number of nitrogens with zero attached hydrogens (tertiary/aromatic N) is 2. The van der Waals surface area contributed by atoms with Gasteiger partial charge in [0.05, 0.1) is 12.4 Å². The van der Waals surface area contributed by atoms with Crippen LogP contribution in [0.5, 0.6) is 0 Å². The van der Waals surface area contributed by atoms with Crippen molar-refractivity contribution in [1.29, 1.82) is 0 Å². The second-order valence-electron chi connectivity index (χ2n) is 5.48. The summed E-state index contributed by atoms with van der Waals surface area (Å²) in [6.07, 6.45) is 6.17. The van der Waals surface area contributed by atoms with Gasteiger partial charge >= 0.3 is 0 Å². The molecule has 0 unspecified atom stereocenters. The highest BCUT2D eigenvalue weighted by molar-refractivity contribution is 6.03. The maximum atomic E-state index is 12.4. The fraction of sp³-hybridized carbons (Fsp3) is 0.389. The molecule has 0 atom stereocenters. The van der Waals surface area contributed by atoms with Crippen LogP contribution in [-0.2, 0) is 6.42 Å². The van der Waals surface area contributed by atoms with Crippen LogP contribution in [0.15, 0.2) is 30.6 Å². The summed E-state index contributed by atoms with van der Waals surface area (Å²) in [5.74, 6) is 0.460. The normalized spacial score (nSPS) is 10.4. The van der Waals surface area contributed by atoms with E-state index in [-0.39, 0.29) is 5.91 Å². The van der Waals surface area contributed by atoms with Gasteiger partial charge in [-0.15, -0.1) is 0 Å². The third-order valence-corrected chi connectivity index (χ3v) is 3.70. The van der Waals surface area contributed by atoms with Gasteiger partial charge in [-0.2, -0.15) is 0 Å². The summed E-state index contributed by atoms with van der Waals surface area (Å²) in [7, 11) is 0. The van der Waals surface area contributed by atoms with Gasteiger partial charge in [-0.25, -0.2) is 9.97 Å². The Morgan fingerprint density at radius 3 is 2.65 bits per heavy atom. The fourth-order valence-electron chi connectivity index (χ4n) is 2.31. The van der Waals surface area contributed by atoms with E-state index in [2.05, 4.69) is 34.4 Å². The first-order chi connectivity index (χ1) is 11.2. The molecule has 2 aromatic rings. The van der Waals surface area contributed by atoms with Crippen LogP contribution in [-0.4, -0.2) is 22.4 Å². The predicted molar refractivity (Wildman–Crippen MR) is 93.9 cm³/mol. The first-order valence-electron chi connectivity index (χ1n) is 8.11. The second kappa shape index (κ2) is 8.27. The molecule has 1 heterocycles. The predicted octanol–water partition coefficient (Wildman–Crippen LogP) is 3.81. The Kier molecular flexibility index (Phi) is 6.09. The van der Waals surface area contributed by atoms with Crippen molar-refractivity contribution in [2.75, 3.05) is 17.2 Å². The first-order valence-corrected chi connectivity index (χ1v) is 8.11. The average molecular weight is 312 g/mol. The third-order valence-electron chi connectivity index (χ3n) is 3.70. The van der Waals surface area contributed by atoms with Gasteiger partial charge in [0.25, 0.3) is 5.91 Å². The monoisotopic (exact) mass is 312 g/mol. The molecule has 1 amide bonds. The molecular formula is C18H24N4O. The molecule has 122 valence electrons. The van der Waals surface area contributed by atoms with Crippen molar-refractivity contribution in [2.45, 2.75) is 40.0 Å². The van der Waals surface area contributed by atoms with Crippen LogP contribution in [0.1, 0.15) is 48.3 Å². The van der Waals surface area contributed by atoms with E-state index < -0.39 is 0 Å². The van der Waals surface area contributed by atoms with Gasteiger partial charge in [0.1, 0.15) is 11.5 Å². The number of aromatic nitrogens is 2. The number of carbonyl (C=O) groups is 1. The first kappa shape index (κ1) is 16.9. The van der Waals surface area contributed by atoms with Crippen LogP contribution in [0.2, 0.25) is 0 Å². The van der Waals surface area contributed by atoms with Gasteiger partial charge in [-0.3, -0.25) is 4.79 Å². The van der Waals surface area contributed by atoms with Crippen LogP contribution in [0.4, 0.5) is 11.5 Å². The van der Waals surface area contributed by atoms with Crippen molar-refractivity contribution in [2.24, 2.45) is 0 Å². The molecule has 23 heavy (non-hydrogen) atoms. The van der Waals surface area contributed by atoms with E-state index in [1.807, 2.05) is 25.1 Å². The molecule has 2 N–H and O–H groups in total. The van der Waals surface area contributed by atoms with E-state index in [4.69, 9.17) is 0 Å².